The number of rotatable bonds is 9. The summed E-state index contributed by atoms with van der Waals surface area (Å²) in [5, 5.41) is 9.81. The first-order chi connectivity index (χ1) is 17.2. The summed E-state index contributed by atoms with van der Waals surface area (Å²) in [7, 11) is -3.74. The van der Waals surface area contributed by atoms with Gasteiger partial charge in [-0.25, -0.2) is 13.1 Å². The summed E-state index contributed by atoms with van der Waals surface area (Å²) in [6.45, 7) is 7.85. The number of morpholine rings is 1. The number of carbonyl (C=O) groups is 2. The summed E-state index contributed by atoms with van der Waals surface area (Å²) in [6.07, 6.45) is 0. The molecule has 11 nitrogen and oxygen atoms in total. The van der Waals surface area contributed by atoms with Crippen molar-refractivity contribution in [2.75, 3.05) is 50.1 Å². The van der Waals surface area contributed by atoms with E-state index >= 15 is 0 Å². The summed E-state index contributed by atoms with van der Waals surface area (Å²) >= 11 is 0. The smallest absolute Gasteiger partial charge is 0.276 e. The number of anilines is 2. The van der Waals surface area contributed by atoms with E-state index < -0.39 is 15.9 Å². The minimum Gasteiger partial charge on any atom is -0.379 e. The predicted octanol–water partition coefficient (Wildman–Crippen LogP) is 1.20. The molecule has 4 N–H and O–H groups in total. The van der Waals surface area contributed by atoms with Crippen LogP contribution in [0.1, 0.15) is 29.8 Å². The number of amides is 2. The minimum absolute atomic E-state index is 0.0369. The third-order valence-corrected chi connectivity index (χ3v) is 7.31. The zero-order chi connectivity index (χ0) is 25.7. The number of nitrogens with one attached hydrogen (secondary N) is 4. The lowest BCUT2D eigenvalue weighted by Crippen LogP contribution is -2.41. The van der Waals surface area contributed by atoms with Crippen LogP contribution >= 0.6 is 0 Å². The number of carbonyl (C=O) groups excluding carboxylic acids is 2. The molecule has 0 atom stereocenters. The molecule has 0 radical (unpaired) electrons. The number of hydrazone groups is 1. The van der Waals surface area contributed by atoms with Crippen LogP contribution in [0.4, 0.5) is 11.4 Å². The van der Waals surface area contributed by atoms with E-state index in [1.807, 2.05) is 0 Å². The molecule has 2 aliphatic heterocycles. The molecule has 2 aromatic rings. The van der Waals surface area contributed by atoms with E-state index in [0.717, 1.165) is 19.6 Å². The molecule has 0 saturated carbocycles. The monoisotopic (exact) mass is 514 g/mol. The van der Waals surface area contributed by atoms with Crippen LogP contribution in [0.2, 0.25) is 0 Å². The lowest BCUT2D eigenvalue weighted by molar-refractivity contribution is -0.110. The molecule has 2 aromatic carbocycles. The van der Waals surface area contributed by atoms with E-state index in [-0.39, 0.29) is 22.6 Å². The Balaban J connectivity index is 1.44. The second-order valence-electron chi connectivity index (χ2n) is 8.80. The van der Waals surface area contributed by atoms with Crippen molar-refractivity contribution in [1.82, 2.24) is 14.9 Å². The van der Waals surface area contributed by atoms with Gasteiger partial charge in [0.1, 0.15) is 0 Å². The molecular formula is C24H30N6O5S. The maximum Gasteiger partial charge on any atom is 0.276 e. The SMILES string of the molecule is CC(C)NS(=O)(=O)c1ccc2c(c1)/C(=N/Nc1cccc(C(=O)NCCN3CCOCC3)c1)C(=O)N2. The Kier molecular flexibility index (Phi) is 7.99. The number of nitrogens with zero attached hydrogens (tertiary/aromatic N) is 2. The molecule has 192 valence electrons. The molecule has 0 aromatic heterocycles. The third kappa shape index (κ3) is 6.26. The van der Waals surface area contributed by atoms with Crippen LogP contribution in [0.15, 0.2) is 52.5 Å². The van der Waals surface area contributed by atoms with Crippen molar-refractivity contribution in [1.29, 1.82) is 0 Å². The summed E-state index contributed by atoms with van der Waals surface area (Å²) in [4.78, 5) is 27.3. The van der Waals surface area contributed by atoms with Gasteiger partial charge in [0.25, 0.3) is 11.8 Å². The molecule has 1 saturated heterocycles. The van der Waals surface area contributed by atoms with Crippen LogP contribution in [-0.4, -0.2) is 76.3 Å². The van der Waals surface area contributed by atoms with Crippen molar-refractivity contribution in [2.24, 2.45) is 5.10 Å². The fourth-order valence-corrected chi connectivity index (χ4v) is 5.17. The first kappa shape index (κ1) is 25.8. The Hall–Kier alpha value is -3.32. The average molecular weight is 515 g/mol. The lowest BCUT2D eigenvalue weighted by Gasteiger charge is -2.26. The first-order valence-electron chi connectivity index (χ1n) is 11.7. The average Bonchev–Trinajstić information content (AvgIpc) is 3.17. The van der Waals surface area contributed by atoms with Gasteiger partial charge in [-0.15, -0.1) is 0 Å². The van der Waals surface area contributed by atoms with E-state index in [2.05, 4.69) is 30.8 Å². The zero-order valence-corrected chi connectivity index (χ0v) is 21.0. The highest BCUT2D eigenvalue weighted by Crippen LogP contribution is 2.27. The Bertz CT molecular complexity index is 1270. The first-order valence-corrected chi connectivity index (χ1v) is 13.2. The molecule has 2 amide bonds. The normalized spacial score (nSPS) is 17.2. The minimum atomic E-state index is -3.74. The molecule has 2 heterocycles. The topological polar surface area (TPSA) is 141 Å². The van der Waals surface area contributed by atoms with Gasteiger partial charge in [-0.05, 0) is 50.2 Å². The number of sulfonamides is 1. The molecule has 0 spiro atoms. The van der Waals surface area contributed by atoms with Gasteiger partial charge in [0.15, 0.2) is 5.71 Å². The largest absolute Gasteiger partial charge is 0.379 e. The van der Waals surface area contributed by atoms with Gasteiger partial charge in [-0.2, -0.15) is 5.10 Å². The molecule has 0 unspecified atom stereocenters. The van der Waals surface area contributed by atoms with Crippen LogP contribution in [0, 0.1) is 0 Å². The van der Waals surface area contributed by atoms with E-state index in [0.29, 0.717) is 42.3 Å². The van der Waals surface area contributed by atoms with Crippen molar-refractivity contribution in [3.63, 3.8) is 0 Å². The highest BCUT2D eigenvalue weighted by atomic mass is 32.2. The van der Waals surface area contributed by atoms with Gasteiger partial charge in [0.05, 0.1) is 29.5 Å². The molecule has 1 fully saturated rings. The number of hydrogen-bond donors (Lipinski definition) is 4. The molecule has 36 heavy (non-hydrogen) atoms. The van der Waals surface area contributed by atoms with Gasteiger partial charge in [0.2, 0.25) is 10.0 Å². The Morgan fingerprint density at radius 3 is 2.69 bits per heavy atom. The summed E-state index contributed by atoms with van der Waals surface area (Å²) in [5.41, 5.74) is 4.66. The summed E-state index contributed by atoms with van der Waals surface area (Å²) in [6, 6.07) is 10.9. The van der Waals surface area contributed by atoms with Crippen molar-refractivity contribution >= 4 is 38.9 Å². The van der Waals surface area contributed by atoms with Crippen LogP contribution in [0.3, 0.4) is 0 Å². The van der Waals surface area contributed by atoms with Gasteiger partial charge in [0, 0.05) is 43.3 Å². The number of hydrogen-bond acceptors (Lipinski definition) is 8. The molecule has 0 aliphatic carbocycles. The van der Waals surface area contributed by atoms with Crippen LogP contribution in [0.5, 0.6) is 0 Å². The van der Waals surface area contributed by atoms with E-state index in [1.54, 1.807) is 38.1 Å². The standard InChI is InChI=1S/C24H30N6O5S/c1-16(2)29-36(33,34)19-6-7-21-20(15-19)22(24(32)26-21)28-27-18-5-3-4-17(14-18)23(31)25-8-9-30-10-12-35-13-11-30/h3-7,14-16,27,29H,8-13H2,1-2H3,(H,25,31)(H,26,28,32). The Morgan fingerprint density at radius 1 is 1.17 bits per heavy atom. The maximum absolute atomic E-state index is 12.6. The molecule has 12 heteroatoms. The van der Waals surface area contributed by atoms with Gasteiger partial charge < -0.3 is 15.4 Å². The molecular weight excluding hydrogens is 484 g/mol. The zero-order valence-electron chi connectivity index (χ0n) is 20.2. The number of benzene rings is 2. The fraction of sp³-hybridized carbons (Fsp3) is 0.375. The van der Waals surface area contributed by atoms with Gasteiger partial charge in [-0.1, -0.05) is 6.07 Å². The van der Waals surface area contributed by atoms with E-state index in [9.17, 15) is 18.0 Å². The quantitative estimate of drug-likeness (QED) is 0.369. The molecule has 4 rings (SSSR count). The second-order valence-corrected chi connectivity index (χ2v) is 10.5. The van der Waals surface area contributed by atoms with Gasteiger partial charge >= 0.3 is 0 Å². The summed E-state index contributed by atoms with van der Waals surface area (Å²) in [5.74, 6) is -0.670. The van der Waals surface area contributed by atoms with Crippen LogP contribution in [-0.2, 0) is 19.6 Å². The molecule has 2 aliphatic rings. The van der Waals surface area contributed by atoms with E-state index in [4.69, 9.17) is 4.74 Å². The van der Waals surface area contributed by atoms with E-state index in [1.165, 1.54) is 18.2 Å². The predicted molar refractivity (Wildman–Crippen MR) is 137 cm³/mol. The van der Waals surface area contributed by atoms with Crippen molar-refractivity contribution in [3.05, 3.63) is 53.6 Å². The third-order valence-electron chi connectivity index (χ3n) is 5.65. The Morgan fingerprint density at radius 2 is 1.94 bits per heavy atom. The maximum atomic E-state index is 12.6. The van der Waals surface area contributed by atoms with Crippen LogP contribution in [0.25, 0.3) is 0 Å². The van der Waals surface area contributed by atoms with Crippen molar-refractivity contribution in [2.45, 2.75) is 24.8 Å². The summed E-state index contributed by atoms with van der Waals surface area (Å²) < 4.78 is 33.0. The van der Waals surface area contributed by atoms with Gasteiger partial charge in [-0.3, -0.25) is 19.9 Å². The van der Waals surface area contributed by atoms with Crippen LogP contribution < -0.4 is 20.8 Å². The number of fused-ring (bicyclic) bond motifs is 1. The molecule has 0 bridgehead atoms. The highest BCUT2D eigenvalue weighted by Gasteiger charge is 2.28. The fourth-order valence-electron chi connectivity index (χ4n) is 3.89. The Labute approximate surface area is 210 Å². The number of ether oxygens (including phenoxy) is 1. The second kappa shape index (κ2) is 11.2. The lowest BCUT2D eigenvalue weighted by atomic mass is 10.1. The van der Waals surface area contributed by atoms with Crippen molar-refractivity contribution < 1.29 is 22.7 Å². The van der Waals surface area contributed by atoms with Crippen molar-refractivity contribution in [3.8, 4) is 0 Å². The highest BCUT2D eigenvalue weighted by molar-refractivity contribution is 7.89.